The quantitative estimate of drug-likeness (QED) is 0.620. The van der Waals surface area contributed by atoms with Gasteiger partial charge in [-0.15, -0.1) is 0 Å². The molecule has 0 saturated heterocycles. The van der Waals surface area contributed by atoms with Crippen LogP contribution in [0.25, 0.3) is 0 Å². The summed E-state index contributed by atoms with van der Waals surface area (Å²) in [6.45, 7) is 4.44. The van der Waals surface area contributed by atoms with Crippen molar-refractivity contribution in [2.75, 3.05) is 0 Å². The second-order valence-electron chi connectivity index (χ2n) is 5.03. The monoisotopic (exact) mass is 206 g/mol. The van der Waals surface area contributed by atoms with E-state index < -0.39 is 0 Å². The Bertz CT molecular complexity index is 275. The van der Waals surface area contributed by atoms with E-state index in [1.54, 1.807) is 0 Å². The smallest absolute Gasteiger partial charge is 0.0762 e. The average Bonchev–Trinajstić information content (AvgIpc) is 2.17. The zero-order valence-corrected chi connectivity index (χ0v) is 9.96. The van der Waals surface area contributed by atoms with Crippen molar-refractivity contribution in [1.29, 1.82) is 0 Å². The highest BCUT2D eigenvalue weighted by Crippen LogP contribution is 2.26. The fraction of sp³-hybridized carbons (Fsp3) is 0.714. The summed E-state index contributed by atoms with van der Waals surface area (Å²) in [5.74, 6) is 0. The summed E-state index contributed by atoms with van der Waals surface area (Å²) in [5.41, 5.74) is 3.01. The summed E-state index contributed by atoms with van der Waals surface area (Å²) in [6, 6.07) is 0. The maximum atomic E-state index is 6.16. The third kappa shape index (κ3) is 3.20. The van der Waals surface area contributed by atoms with Gasteiger partial charge in [0.15, 0.2) is 0 Å². The molecule has 1 heteroatoms. The molecular weight excluding hydrogens is 184 g/mol. The van der Waals surface area contributed by atoms with Crippen LogP contribution in [0.5, 0.6) is 0 Å². The first-order valence-corrected chi connectivity index (χ1v) is 6.22. The van der Waals surface area contributed by atoms with E-state index in [0.717, 1.165) is 6.42 Å². The van der Waals surface area contributed by atoms with Gasteiger partial charge in [-0.05, 0) is 52.4 Å². The summed E-state index contributed by atoms with van der Waals surface area (Å²) in [6.07, 6.45) is 12.9. The summed E-state index contributed by atoms with van der Waals surface area (Å²) in [5, 5.41) is 0. The van der Waals surface area contributed by atoms with E-state index >= 15 is 0 Å². The average molecular weight is 206 g/mol. The molecule has 0 amide bonds. The van der Waals surface area contributed by atoms with Crippen molar-refractivity contribution in [2.45, 2.75) is 64.6 Å². The number of allylic oxidation sites excluding steroid dienone is 2. The van der Waals surface area contributed by atoms with Crippen LogP contribution in [0.2, 0.25) is 0 Å². The van der Waals surface area contributed by atoms with Gasteiger partial charge < -0.3 is 4.74 Å². The first kappa shape index (κ1) is 10.9. The van der Waals surface area contributed by atoms with Gasteiger partial charge in [0.1, 0.15) is 0 Å². The highest BCUT2D eigenvalue weighted by atomic mass is 16.5. The lowest BCUT2D eigenvalue weighted by molar-refractivity contribution is -0.000139. The minimum atomic E-state index is 0.398. The van der Waals surface area contributed by atoms with Crippen LogP contribution in [0.1, 0.15) is 52.4 Å². The third-order valence-corrected chi connectivity index (χ3v) is 3.43. The molecule has 2 aliphatic rings. The highest BCUT2D eigenvalue weighted by Gasteiger charge is 2.19. The lowest BCUT2D eigenvalue weighted by atomic mass is 9.96. The lowest BCUT2D eigenvalue weighted by Crippen LogP contribution is -2.24. The van der Waals surface area contributed by atoms with Gasteiger partial charge in [-0.2, -0.15) is 0 Å². The van der Waals surface area contributed by atoms with Crippen molar-refractivity contribution in [2.24, 2.45) is 0 Å². The normalized spacial score (nSPS) is 32.1. The number of rotatable bonds is 2. The predicted molar refractivity (Wildman–Crippen MR) is 63.9 cm³/mol. The Balaban J connectivity index is 1.86. The van der Waals surface area contributed by atoms with Crippen LogP contribution in [0.15, 0.2) is 23.3 Å². The van der Waals surface area contributed by atoms with E-state index in [1.165, 1.54) is 43.3 Å². The van der Waals surface area contributed by atoms with Crippen LogP contribution in [0.3, 0.4) is 0 Å². The van der Waals surface area contributed by atoms with Crippen molar-refractivity contribution in [3.05, 3.63) is 23.3 Å². The van der Waals surface area contributed by atoms with Gasteiger partial charge in [0.2, 0.25) is 0 Å². The van der Waals surface area contributed by atoms with Gasteiger partial charge in [-0.1, -0.05) is 23.3 Å². The molecule has 0 aromatic carbocycles. The van der Waals surface area contributed by atoms with E-state index in [4.69, 9.17) is 4.74 Å². The van der Waals surface area contributed by atoms with Gasteiger partial charge in [0.05, 0.1) is 12.2 Å². The number of ether oxygens (including phenoxy) is 1. The van der Waals surface area contributed by atoms with Crippen molar-refractivity contribution < 1.29 is 4.74 Å². The van der Waals surface area contributed by atoms with Crippen molar-refractivity contribution in [3.63, 3.8) is 0 Å². The van der Waals surface area contributed by atoms with Crippen molar-refractivity contribution in [1.82, 2.24) is 0 Å². The maximum absolute atomic E-state index is 6.16. The molecule has 2 unspecified atom stereocenters. The maximum Gasteiger partial charge on any atom is 0.0762 e. The van der Waals surface area contributed by atoms with E-state index in [2.05, 4.69) is 26.0 Å². The van der Waals surface area contributed by atoms with Crippen LogP contribution in [-0.4, -0.2) is 12.2 Å². The number of hydrogen-bond acceptors (Lipinski definition) is 1. The Labute approximate surface area is 93.2 Å². The fourth-order valence-electron chi connectivity index (χ4n) is 2.60. The molecule has 0 spiro atoms. The second-order valence-corrected chi connectivity index (χ2v) is 5.03. The molecule has 2 rings (SSSR count). The van der Waals surface area contributed by atoms with E-state index in [1.807, 2.05) is 0 Å². The molecular formula is C14H22O. The summed E-state index contributed by atoms with van der Waals surface area (Å²) in [4.78, 5) is 0. The topological polar surface area (TPSA) is 9.23 Å². The minimum absolute atomic E-state index is 0.398. The van der Waals surface area contributed by atoms with Gasteiger partial charge in [-0.25, -0.2) is 0 Å². The van der Waals surface area contributed by atoms with Crippen LogP contribution >= 0.6 is 0 Å². The minimum Gasteiger partial charge on any atom is -0.371 e. The Hall–Kier alpha value is -0.560. The molecule has 0 bridgehead atoms. The molecule has 2 aliphatic carbocycles. The Morgan fingerprint density at radius 2 is 2.07 bits per heavy atom. The molecule has 0 N–H and O–H groups in total. The standard InChI is InChI=1S/C14H22O/c1-11-5-3-7-13(9-11)15-14-8-4-6-12(2)10-14/h5,10,13-14H,3-4,6-9H2,1-2H3. The molecule has 0 radical (unpaired) electrons. The summed E-state index contributed by atoms with van der Waals surface area (Å²) >= 11 is 0. The second kappa shape index (κ2) is 4.98. The van der Waals surface area contributed by atoms with Gasteiger partial charge in [0, 0.05) is 0 Å². The van der Waals surface area contributed by atoms with Gasteiger partial charge in [0.25, 0.3) is 0 Å². The van der Waals surface area contributed by atoms with Crippen LogP contribution in [0.4, 0.5) is 0 Å². The largest absolute Gasteiger partial charge is 0.371 e. The Kier molecular flexibility index (Phi) is 3.63. The number of hydrogen-bond donors (Lipinski definition) is 0. The first-order chi connectivity index (χ1) is 7.24. The van der Waals surface area contributed by atoms with Crippen LogP contribution in [-0.2, 0) is 4.74 Å². The molecule has 0 aliphatic heterocycles. The molecule has 0 aromatic rings. The van der Waals surface area contributed by atoms with E-state index in [-0.39, 0.29) is 0 Å². The SMILES string of the molecule is CC1=CC(OC2CCC=C(C)C2)CCC1. The molecule has 0 heterocycles. The van der Waals surface area contributed by atoms with Crippen LogP contribution in [0, 0.1) is 0 Å². The van der Waals surface area contributed by atoms with Crippen molar-refractivity contribution in [3.8, 4) is 0 Å². The van der Waals surface area contributed by atoms with Crippen molar-refractivity contribution >= 4 is 0 Å². The summed E-state index contributed by atoms with van der Waals surface area (Å²) < 4.78 is 6.16. The molecule has 0 aromatic heterocycles. The fourth-order valence-corrected chi connectivity index (χ4v) is 2.60. The zero-order chi connectivity index (χ0) is 10.7. The molecule has 15 heavy (non-hydrogen) atoms. The lowest BCUT2D eigenvalue weighted by Gasteiger charge is -2.28. The Morgan fingerprint density at radius 3 is 2.80 bits per heavy atom. The first-order valence-electron chi connectivity index (χ1n) is 6.22. The van der Waals surface area contributed by atoms with E-state index in [0.29, 0.717) is 12.2 Å². The molecule has 84 valence electrons. The molecule has 0 fully saturated rings. The van der Waals surface area contributed by atoms with Gasteiger partial charge >= 0.3 is 0 Å². The van der Waals surface area contributed by atoms with Crippen LogP contribution < -0.4 is 0 Å². The third-order valence-electron chi connectivity index (χ3n) is 3.43. The zero-order valence-electron chi connectivity index (χ0n) is 9.96. The predicted octanol–water partition coefficient (Wildman–Crippen LogP) is 4.00. The van der Waals surface area contributed by atoms with Gasteiger partial charge in [-0.3, -0.25) is 0 Å². The Morgan fingerprint density at radius 1 is 1.20 bits per heavy atom. The summed E-state index contributed by atoms with van der Waals surface area (Å²) in [7, 11) is 0. The molecule has 2 atom stereocenters. The highest BCUT2D eigenvalue weighted by molar-refractivity contribution is 5.08. The molecule has 1 nitrogen and oxygen atoms in total. The molecule has 0 saturated carbocycles. The van der Waals surface area contributed by atoms with E-state index in [9.17, 15) is 0 Å².